The molecule has 1 aromatic carbocycles. The molecule has 1 aromatic heterocycles. The van der Waals surface area contributed by atoms with E-state index in [0.717, 1.165) is 10.2 Å². The second-order valence-electron chi connectivity index (χ2n) is 5.39. The van der Waals surface area contributed by atoms with Gasteiger partial charge in [0.2, 0.25) is 0 Å². The molecule has 0 aliphatic heterocycles. The van der Waals surface area contributed by atoms with Crippen LogP contribution in [0, 0.1) is 0 Å². The average Bonchev–Trinajstić information content (AvgIpc) is 3.24. The van der Waals surface area contributed by atoms with Crippen molar-refractivity contribution in [1.82, 2.24) is 10.3 Å². The number of hydrogen-bond acceptors (Lipinski definition) is 4. The van der Waals surface area contributed by atoms with E-state index in [-0.39, 0.29) is 5.91 Å². The van der Waals surface area contributed by atoms with Crippen LogP contribution in [0.5, 0.6) is 5.75 Å². The number of rotatable bonds is 6. The minimum atomic E-state index is -0.546. The van der Waals surface area contributed by atoms with Gasteiger partial charge in [-0.05, 0) is 38.0 Å². The zero-order valence-electron chi connectivity index (χ0n) is 12.2. The summed E-state index contributed by atoms with van der Waals surface area (Å²) in [6.45, 7) is 2.20. The summed E-state index contributed by atoms with van der Waals surface area (Å²) in [4.78, 5) is 16.6. The molecule has 1 unspecified atom stereocenters. The highest BCUT2D eigenvalue weighted by atomic mass is 79.9. The van der Waals surface area contributed by atoms with Gasteiger partial charge in [0, 0.05) is 15.8 Å². The number of ether oxygens (including phenoxy) is 1. The molecule has 0 saturated heterocycles. The lowest BCUT2D eigenvalue weighted by molar-refractivity contribution is -0.127. The van der Waals surface area contributed by atoms with E-state index in [1.54, 1.807) is 18.3 Å². The van der Waals surface area contributed by atoms with Gasteiger partial charge in [-0.2, -0.15) is 0 Å². The first-order chi connectivity index (χ1) is 10.6. The van der Waals surface area contributed by atoms with Gasteiger partial charge in [0.15, 0.2) is 6.10 Å². The first kappa shape index (κ1) is 15.5. The smallest absolute Gasteiger partial charge is 0.261 e. The SMILES string of the molecule is CC(Oc1cccc(Br)c1)C(=O)NCc1csc(C2CC2)n1. The second kappa shape index (κ2) is 6.79. The molecule has 1 N–H and O–H groups in total. The molecule has 1 atom stereocenters. The minimum Gasteiger partial charge on any atom is -0.481 e. The van der Waals surface area contributed by atoms with Gasteiger partial charge in [-0.3, -0.25) is 4.79 Å². The molecule has 1 aliphatic rings. The number of thiazole rings is 1. The minimum absolute atomic E-state index is 0.138. The average molecular weight is 381 g/mol. The van der Waals surface area contributed by atoms with Gasteiger partial charge >= 0.3 is 0 Å². The maximum atomic E-state index is 12.1. The number of amides is 1. The molecule has 1 heterocycles. The Kier molecular flexibility index (Phi) is 4.78. The Morgan fingerprint density at radius 1 is 1.55 bits per heavy atom. The van der Waals surface area contributed by atoms with Gasteiger partial charge in [0.1, 0.15) is 5.75 Å². The molecule has 1 aliphatic carbocycles. The van der Waals surface area contributed by atoms with Crippen molar-refractivity contribution in [1.29, 1.82) is 0 Å². The molecule has 6 heteroatoms. The maximum Gasteiger partial charge on any atom is 0.261 e. The third-order valence-corrected chi connectivity index (χ3v) is 4.97. The highest BCUT2D eigenvalue weighted by molar-refractivity contribution is 9.10. The number of nitrogens with one attached hydrogen (secondary N) is 1. The van der Waals surface area contributed by atoms with Gasteiger partial charge in [-0.25, -0.2) is 4.98 Å². The van der Waals surface area contributed by atoms with Crippen LogP contribution in [0.4, 0.5) is 0 Å². The summed E-state index contributed by atoms with van der Waals surface area (Å²) < 4.78 is 6.56. The number of halogens is 1. The lowest BCUT2D eigenvalue weighted by Crippen LogP contribution is -2.36. The van der Waals surface area contributed by atoms with Gasteiger partial charge in [0.25, 0.3) is 5.91 Å². The molecule has 4 nitrogen and oxygen atoms in total. The summed E-state index contributed by atoms with van der Waals surface area (Å²) in [7, 11) is 0. The van der Waals surface area contributed by atoms with Crippen LogP contribution in [0.25, 0.3) is 0 Å². The van der Waals surface area contributed by atoms with Gasteiger partial charge in [-0.1, -0.05) is 22.0 Å². The van der Waals surface area contributed by atoms with E-state index in [4.69, 9.17) is 4.74 Å². The van der Waals surface area contributed by atoms with Crippen molar-refractivity contribution >= 4 is 33.2 Å². The normalized spacial score (nSPS) is 15.4. The quantitative estimate of drug-likeness (QED) is 0.827. The molecule has 0 bridgehead atoms. The van der Waals surface area contributed by atoms with Crippen LogP contribution in [0.15, 0.2) is 34.1 Å². The molecular formula is C16H17BrN2O2S. The van der Waals surface area contributed by atoms with Crippen LogP contribution in [-0.4, -0.2) is 17.0 Å². The lowest BCUT2D eigenvalue weighted by Gasteiger charge is -2.14. The van der Waals surface area contributed by atoms with Crippen molar-refractivity contribution in [3.8, 4) is 5.75 Å². The Labute approximate surface area is 142 Å². The van der Waals surface area contributed by atoms with Gasteiger partial charge in [-0.15, -0.1) is 11.3 Å². The molecule has 116 valence electrons. The van der Waals surface area contributed by atoms with E-state index < -0.39 is 6.10 Å². The maximum absolute atomic E-state index is 12.1. The van der Waals surface area contributed by atoms with E-state index >= 15 is 0 Å². The number of carbonyl (C=O) groups excluding carboxylic acids is 1. The molecule has 0 radical (unpaired) electrons. The Morgan fingerprint density at radius 2 is 2.36 bits per heavy atom. The van der Waals surface area contributed by atoms with Crippen molar-refractivity contribution in [2.75, 3.05) is 0 Å². The van der Waals surface area contributed by atoms with Gasteiger partial charge in [0.05, 0.1) is 17.2 Å². The Morgan fingerprint density at radius 3 is 3.09 bits per heavy atom. The summed E-state index contributed by atoms with van der Waals surface area (Å²) in [6, 6.07) is 7.46. The first-order valence-corrected chi connectivity index (χ1v) is 8.93. The molecule has 2 aromatic rings. The summed E-state index contributed by atoms with van der Waals surface area (Å²) in [5.41, 5.74) is 0.926. The third-order valence-electron chi connectivity index (χ3n) is 3.42. The van der Waals surface area contributed by atoms with Crippen LogP contribution in [0.3, 0.4) is 0 Å². The monoisotopic (exact) mass is 380 g/mol. The third kappa shape index (κ3) is 4.08. The van der Waals surface area contributed by atoms with E-state index in [1.807, 2.05) is 29.6 Å². The van der Waals surface area contributed by atoms with Crippen LogP contribution < -0.4 is 10.1 Å². The standard InChI is InChI=1S/C16H17BrN2O2S/c1-10(21-14-4-2-3-12(17)7-14)15(20)18-8-13-9-22-16(19-13)11-5-6-11/h2-4,7,9-11H,5-6,8H2,1H3,(H,18,20). The number of carbonyl (C=O) groups is 1. The lowest BCUT2D eigenvalue weighted by atomic mass is 10.3. The fraction of sp³-hybridized carbons (Fsp3) is 0.375. The van der Waals surface area contributed by atoms with Crippen LogP contribution >= 0.6 is 27.3 Å². The Bertz CT molecular complexity index is 670. The molecule has 1 amide bonds. The fourth-order valence-electron chi connectivity index (χ4n) is 2.04. The van der Waals surface area contributed by atoms with E-state index in [0.29, 0.717) is 18.2 Å². The molecule has 22 heavy (non-hydrogen) atoms. The summed E-state index contributed by atoms with van der Waals surface area (Å²) in [6.07, 6.45) is 1.95. The molecule has 3 rings (SSSR count). The van der Waals surface area contributed by atoms with Crippen molar-refractivity contribution in [3.05, 3.63) is 44.8 Å². The summed E-state index contributed by atoms with van der Waals surface area (Å²) in [5, 5.41) is 6.09. The largest absolute Gasteiger partial charge is 0.481 e. The van der Waals surface area contributed by atoms with E-state index in [9.17, 15) is 4.79 Å². The van der Waals surface area contributed by atoms with E-state index in [2.05, 4.69) is 26.2 Å². The number of benzene rings is 1. The Balaban J connectivity index is 1.49. The zero-order valence-corrected chi connectivity index (χ0v) is 14.6. The second-order valence-corrected chi connectivity index (χ2v) is 7.19. The summed E-state index contributed by atoms with van der Waals surface area (Å²) in [5.74, 6) is 1.19. The van der Waals surface area contributed by atoms with E-state index in [1.165, 1.54) is 17.8 Å². The molecule has 1 fully saturated rings. The van der Waals surface area contributed by atoms with Crippen molar-refractivity contribution in [3.63, 3.8) is 0 Å². The zero-order chi connectivity index (χ0) is 15.5. The predicted octanol–water partition coefficient (Wildman–Crippen LogP) is 3.87. The number of nitrogens with zero attached hydrogens (tertiary/aromatic N) is 1. The summed E-state index contributed by atoms with van der Waals surface area (Å²) >= 11 is 5.07. The van der Waals surface area contributed by atoms with Gasteiger partial charge < -0.3 is 10.1 Å². The molecular weight excluding hydrogens is 364 g/mol. The topological polar surface area (TPSA) is 51.2 Å². The van der Waals surface area contributed by atoms with Crippen LogP contribution in [-0.2, 0) is 11.3 Å². The Hall–Kier alpha value is -1.40. The highest BCUT2D eigenvalue weighted by Gasteiger charge is 2.26. The fourth-order valence-corrected chi connectivity index (χ4v) is 3.41. The van der Waals surface area contributed by atoms with Crippen molar-refractivity contribution in [2.24, 2.45) is 0 Å². The molecule has 0 spiro atoms. The number of hydrogen-bond donors (Lipinski definition) is 1. The number of aromatic nitrogens is 1. The molecule has 1 saturated carbocycles. The highest BCUT2D eigenvalue weighted by Crippen LogP contribution is 2.41. The van der Waals surface area contributed by atoms with Crippen LogP contribution in [0.1, 0.15) is 36.4 Å². The van der Waals surface area contributed by atoms with Crippen molar-refractivity contribution < 1.29 is 9.53 Å². The first-order valence-electron chi connectivity index (χ1n) is 7.26. The predicted molar refractivity (Wildman–Crippen MR) is 90.2 cm³/mol. The van der Waals surface area contributed by atoms with Crippen molar-refractivity contribution in [2.45, 2.75) is 38.3 Å². The van der Waals surface area contributed by atoms with Crippen LogP contribution in [0.2, 0.25) is 0 Å².